The maximum absolute atomic E-state index is 10.5. The van der Waals surface area contributed by atoms with E-state index in [-0.39, 0.29) is 0 Å². The van der Waals surface area contributed by atoms with Gasteiger partial charge in [0.1, 0.15) is 0 Å². The van der Waals surface area contributed by atoms with Crippen LogP contribution in [0.25, 0.3) is 0 Å². The van der Waals surface area contributed by atoms with Crippen molar-refractivity contribution in [3.8, 4) is 0 Å². The Morgan fingerprint density at radius 3 is 3.13 bits per heavy atom. The van der Waals surface area contributed by atoms with Crippen LogP contribution in [0.4, 0.5) is 0 Å². The second-order valence-electron chi connectivity index (χ2n) is 4.42. The highest BCUT2D eigenvalue weighted by Gasteiger charge is 2.36. The van der Waals surface area contributed by atoms with E-state index in [0.717, 1.165) is 24.8 Å². The monoisotopic (exact) mass is 226 g/mol. The van der Waals surface area contributed by atoms with Crippen LogP contribution < -0.4 is 0 Å². The summed E-state index contributed by atoms with van der Waals surface area (Å²) in [6, 6.07) is 0. The van der Waals surface area contributed by atoms with Crippen LogP contribution in [0.3, 0.4) is 0 Å². The summed E-state index contributed by atoms with van der Waals surface area (Å²) >= 11 is 1.87. The summed E-state index contributed by atoms with van der Waals surface area (Å²) in [5, 5.41) is 15.0. The second-order valence-corrected chi connectivity index (χ2v) is 5.87. The van der Waals surface area contributed by atoms with Gasteiger partial charge in [-0.15, -0.1) is 0 Å². The molecule has 1 aromatic rings. The highest BCUT2D eigenvalue weighted by Crippen LogP contribution is 2.36. The van der Waals surface area contributed by atoms with Gasteiger partial charge in [-0.1, -0.05) is 6.92 Å². The smallest absolute Gasteiger partial charge is 0.0804 e. The highest BCUT2D eigenvalue weighted by molar-refractivity contribution is 8.00. The molecule has 0 radical (unpaired) electrons. The second kappa shape index (κ2) is 4.18. The minimum atomic E-state index is -0.536. The largest absolute Gasteiger partial charge is 0.388 e. The highest BCUT2D eigenvalue weighted by atomic mass is 32.2. The van der Waals surface area contributed by atoms with Gasteiger partial charge in [-0.2, -0.15) is 16.9 Å². The molecule has 2 heterocycles. The minimum Gasteiger partial charge on any atom is -0.388 e. The molecular weight excluding hydrogens is 208 g/mol. The summed E-state index contributed by atoms with van der Waals surface area (Å²) in [6.45, 7) is 2.13. The average molecular weight is 226 g/mol. The van der Waals surface area contributed by atoms with E-state index < -0.39 is 5.60 Å². The molecule has 1 aliphatic rings. The number of aryl methyl sites for hydroxylation is 1. The first-order chi connectivity index (χ1) is 7.10. The third-order valence-electron chi connectivity index (χ3n) is 3.15. The van der Waals surface area contributed by atoms with E-state index in [1.54, 1.807) is 4.68 Å². The molecule has 3 nitrogen and oxygen atoms in total. The summed E-state index contributed by atoms with van der Waals surface area (Å²) in [4.78, 5) is 0. The predicted molar refractivity (Wildman–Crippen MR) is 63.0 cm³/mol. The molecule has 0 aromatic carbocycles. The van der Waals surface area contributed by atoms with Gasteiger partial charge >= 0.3 is 0 Å². The van der Waals surface area contributed by atoms with E-state index in [4.69, 9.17) is 0 Å². The molecule has 15 heavy (non-hydrogen) atoms. The van der Waals surface area contributed by atoms with E-state index in [0.29, 0.717) is 5.25 Å². The molecule has 1 fully saturated rings. The van der Waals surface area contributed by atoms with Crippen LogP contribution in [-0.4, -0.2) is 31.5 Å². The van der Waals surface area contributed by atoms with Crippen molar-refractivity contribution < 1.29 is 5.11 Å². The Labute approximate surface area is 94.9 Å². The van der Waals surface area contributed by atoms with Crippen molar-refractivity contribution in [3.05, 3.63) is 18.0 Å². The van der Waals surface area contributed by atoms with Crippen LogP contribution >= 0.6 is 11.8 Å². The number of rotatable bonds is 2. The van der Waals surface area contributed by atoms with Gasteiger partial charge in [0, 0.05) is 24.9 Å². The molecule has 1 aromatic heterocycles. The fourth-order valence-electron chi connectivity index (χ4n) is 2.15. The first-order valence-corrected chi connectivity index (χ1v) is 6.46. The third kappa shape index (κ3) is 2.37. The Morgan fingerprint density at radius 2 is 2.53 bits per heavy atom. The standard InChI is InChI=1S/C11H18N2OS/c1-9-11(14,4-3-5-15-9)6-10-7-12-13(2)8-10/h7-9,14H,3-6H2,1-2H3. The van der Waals surface area contributed by atoms with Crippen LogP contribution in [-0.2, 0) is 13.5 Å². The zero-order chi connectivity index (χ0) is 10.9. The van der Waals surface area contributed by atoms with Gasteiger partial charge in [0.25, 0.3) is 0 Å². The fraction of sp³-hybridized carbons (Fsp3) is 0.727. The molecule has 1 aliphatic heterocycles. The van der Waals surface area contributed by atoms with Gasteiger partial charge in [-0.25, -0.2) is 0 Å². The number of nitrogens with zero attached hydrogens (tertiary/aromatic N) is 2. The number of thioether (sulfide) groups is 1. The van der Waals surface area contributed by atoms with E-state index in [9.17, 15) is 5.11 Å². The molecule has 1 saturated heterocycles. The minimum absolute atomic E-state index is 0.325. The first-order valence-electron chi connectivity index (χ1n) is 5.42. The van der Waals surface area contributed by atoms with Crippen molar-refractivity contribution in [2.24, 2.45) is 7.05 Å². The molecule has 1 N–H and O–H groups in total. The summed E-state index contributed by atoms with van der Waals surface area (Å²) in [5.74, 6) is 1.18. The topological polar surface area (TPSA) is 38.1 Å². The van der Waals surface area contributed by atoms with E-state index >= 15 is 0 Å². The molecule has 0 saturated carbocycles. The quantitative estimate of drug-likeness (QED) is 0.832. The Kier molecular flexibility index (Phi) is 3.07. The number of aliphatic hydroxyl groups is 1. The van der Waals surface area contributed by atoms with Crippen molar-refractivity contribution in [3.63, 3.8) is 0 Å². The van der Waals surface area contributed by atoms with Crippen LogP contribution in [0.15, 0.2) is 12.4 Å². The molecule has 0 bridgehead atoms. The van der Waals surface area contributed by atoms with Crippen molar-refractivity contribution in [2.75, 3.05) is 5.75 Å². The zero-order valence-corrected chi connectivity index (χ0v) is 10.1. The molecule has 0 aliphatic carbocycles. The normalized spacial score (nSPS) is 31.8. The summed E-state index contributed by atoms with van der Waals surface area (Å²) in [6.07, 6.45) is 6.60. The lowest BCUT2D eigenvalue weighted by atomic mass is 9.88. The summed E-state index contributed by atoms with van der Waals surface area (Å²) in [7, 11) is 1.91. The van der Waals surface area contributed by atoms with E-state index in [2.05, 4.69) is 12.0 Å². The third-order valence-corrected chi connectivity index (χ3v) is 4.61. The molecule has 2 unspecified atom stereocenters. The summed E-state index contributed by atoms with van der Waals surface area (Å²) in [5.41, 5.74) is 0.598. The van der Waals surface area contributed by atoms with Crippen molar-refractivity contribution in [2.45, 2.75) is 37.0 Å². The van der Waals surface area contributed by atoms with Crippen molar-refractivity contribution in [1.29, 1.82) is 0 Å². The number of hydrogen-bond acceptors (Lipinski definition) is 3. The van der Waals surface area contributed by atoms with Gasteiger partial charge in [0.05, 0.1) is 11.8 Å². The lowest BCUT2D eigenvalue weighted by molar-refractivity contribution is 0.0297. The summed E-state index contributed by atoms with van der Waals surface area (Å²) < 4.78 is 1.79. The maximum atomic E-state index is 10.5. The van der Waals surface area contributed by atoms with Gasteiger partial charge in [-0.05, 0) is 24.2 Å². The van der Waals surface area contributed by atoms with Crippen LogP contribution in [0.5, 0.6) is 0 Å². The first kappa shape index (κ1) is 11.0. The lowest BCUT2D eigenvalue weighted by Crippen LogP contribution is -2.43. The maximum Gasteiger partial charge on any atom is 0.0804 e. The molecule has 0 spiro atoms. The van der Waals surface area contributed by atoms with E-state index in [1.807, 2.05) is 31.2 Å². The van der Waals surface area contributed by atoms with Gasteiger partial charge in [0.15, 0.2) is 0 Å². The molecule has 2 atom stereocenters. The average Bonchev–Trinajstić information content (AvgIpc) is 2.57. The number of hydrogen-bond donors (Lipinski definition) is 1. The van der Waals surface area contributed by atoms with E-state index in [1.165, 1.54) is 5.75 Å². The zero-order valence-electron chi connectivity index (χ0n) is 9.31. The Balaban J connectivity index is 2.08. The van der Waals surface area contributed by atoms with Gasteiger partial charge in [-0.3, -0.25) is 4.68 Å². The predicted octanol–water partition coefficient (Wildman–Crippen LogP) is 1.61. The van der Waals surface area contributed by atoms with Crippen LogP contribution in [0, 0.1) is 0 Å². The molecule has 2 rings (SSSR count). The Bertz CT molecular complexity index is 339. The van der Waals surface area contributed by atoms with Gasteiger partial charge in [0.2, 0.25) is 0 Å². The molecule has 4 heteroatoms. The van der Waals surface area contributed by atoms with Gasteiger partial charge < -0.3 is 5.11 Å². The molecule has 0 amide bonds. The SMILES string of the molecule is CC1SCCCC1(O)Cc1cnn(C)c1. The van der Waals surface area contributed by atoms with Crippen molar-refractivity contribution in [1.82, 2.24) is 9.78 Å². The van der Waals surface area contributed by atoms with Crippen LogP contribution in [0.2, 0.25) is 0 Å². The molecule has 84 valence electrons. The Morgan fingerprint density at radius 1 is 1.73 bits per heavy atom. The lowest BCUT2D eigenvalue weighted by Gasteiger charge is -2.37. The Hall–Kier alpha value is -0.480. The van der Waals surface area contributed by atoms with Crippen molar-refractivity contribution >= 4 is 11.8 Å². The number of aromatic nitrogens is 2. The molecular formula is C11H18N2OS. The van der Waals surface area contributed by atoms with Crippen LogP contribution in [0.1, 0.15) is 25.3 Å². The fourth-order valence-corrected chi connectivity index (χ4v) is 3.32.